The zero-order chi connectivity index (χ0) is 15.6. The SMILES string of the molecule is CC[C@@]12CCC[C@]1(O)[C@@H]1CC[C@@H]3C[C@@H](O)CC[C@]3(C)[C@H]1CC2.I. The average molecular weight is 434 g/mol. The molecule has 134 valence electrons. The molecule has 0 heterocycles. The van der Waals surface area contributed by atoms with Crippen molar-refractivity contribution in [2.24, 2.45) is 28.6 Å². The molecule has 0 bridgehead atoms. The summed E-state index contributed by atoms with van der Waals surface area (Å²) in [6, 6.07) is 0. The zero-order valence-corrected chi connectivity index (χ0v) is 17.2. The largest absolute Gasteiger partial charge is 0.393 e. The first kappa shape index (κ1) is 18.4. The van der Waals surface area contributed by atoms with Gasteiger partial charge in [0, 0.05) is 0 Å². The third-order valence-electron chi connectivity index (χ3n) is 9.02. The Bertz CT molecular complexity index is 455. The van der Waals surface area contributed by atoms with Gasteiger partial charge in [0.2, 0.25) is 0 Å². The fourth-order valence-electron chi connectivity index (χ4n) is 7.67. The molecule has 0 aliphatic heterocycles. The molecule has 4 fully saturated rings. The molecule has 7 atom stereocenters. The van der Waals surface area contributed by atoms with Crippen molar-refractivity contribution < 1.29 is 10.2 Å². The van der Waals surface area contributed by atoms with Crippen molar-refractivity contribution in [2.45, 2.75) is 96.2 Å². The fraction of sp³-hybridized carbons (Fsp3) is 1.00. The standard InChI is InChI=1S/C20H34O2.HI/c1-3-19-9-4-10-20(19,22)17-6-5-14-13-15(21)7-11-18(14,2)16(17)8-12-19;/h14-17,21-22H,3-13H2,1-2H3;1H/t14-,15+,16+,17-,18+,19+,20+;/m1./s1. The Hall–Kier alpha value is 0.650. The Morgan fingerprint density at radius 3 is 2.48 bits per heavy atom. The molecule has 3 heteroatoms. The lowest BCUT2D eigenvalue weighted by atomic mass is 9.43. The number of hydrogen-bond donors (Lipinski definition) is 2. The normalized spacial score (nSPS) is 55.3. The van der Waals surface area contributed by atoms with E-state index < -0.39 is 0 Å². The number of aliphatic hydroxyl groups is 2. The Balaban J connectivity index is 0.00000156. The first-order valence-electron chi connectivity index (χ1n) is 9.86. The van der Waals surface area contributed by atoms with E-state index >= 15 is 0 Å². The second-order valence-corrected chi connectivity index (χ2v) is 9.37. The fourth-order valence-corrected chi connectivity index (χ4v) is 7.67. The number of rotatable bonds is 1. The maximum atomic E-state index is 11.8. The van der Waals surface area contributed by atoms with Crippen molar-refractivity contribution >= 4 is 24.0 Å². The molecule has 2 nitrogen and oxygen atoms in total. The van der Waals surface area contributed by atoms with E-state index in [1.165, 1.54) is 44.9 Å². The molecule has 23 heavy (non-hydrogen) atoms. The molecular formula is C20H35IO2. The van der Waals surface area contributed by atoms with Gasteiger partial charge >= 0.3 is 0 Å². The summed E-state index contributed by atoms with van der Waals surface area (Å²) < 4.78 is 0. The van der Waals surface area contributed by atoms with Crippen LogP contribution < -0.4 is 0 Å². The third-order valence-corrected chi connectivity index (χ3v) is 9.02. The van der Waals surface area contributed by atoms with Gasteiger partial charge in [-0.1, -0.05) is 13.8 Å². The highest BCUT2D eigenvalue weighted by molar-refractivity contribution is 14.0. The van der Waals surface area contributed by atoms with Crippen LogP contribution in [0.2, 0.25) is 0 Å². The van der Waals surface area contributed by atoms with Crippen LogP contribution in [0.15, 0.2) is 0 Å². The smallest absolute Gasteiger partial charge is 0.0734 e. The van der Waals surface area contributed by atoms with Crippen LogP contribution in [0, 0.1) is 28.6 Å². The van der Waals surface area contributed by atoms with Crippen LogP contribution in [0.25, 0.3) is 0 Å². The minimum atomic E-state index is -0.380. The maximum Gasteiger partial charge on any atom is 0.0734 e. The van der Waals surface area contributed by atoms with E-state index in [9.17, 15) is 10.2 Å². The van der Waals surface area contributed by atoms with Gasteiger partial charge < -0.3 is 10.2 Å². The Morgan fingerprint density at radius 1 is 0.957 bits per heavy atom. The van der Waals surface area contributed by atoms with Gasteiger partial charge in [-0.2, -0.15) is 0 Å². The lowest BCUT2D eigenvalue weighted by Crippen LogP contribution is -2.61. The molecule has 0 unspecified atom stereocenters. The van der Waals surface area contributed by atoms with Crippen LogP contribution in [0.1, 0.15) is 84.5 Å². The topological polar surface area (TPSA) is 40.5 Å². The van der Waals surface area contributed by atoms with Gasteiger partial charge in [-0.15, -0.1) is 24.0 Å². The Morgan fingerprint density at radius 2 is 1.74 bits per heavy atom. The first-order valence-corrected chi connectivity index (χ1v) is 9.86. The molecule has 4 saturated carbocycles. The van der Waals surface area contributed by atoms with E-state index in [2.05, 4.69) is 13.8 Å². The van der Waals surface area contributed by atoms with E-state index in [-0.39, 0.29) is 41.1 Å². The van der Waals surface area contributed by atoms with Crippen molar-refractivity contribution in [3.63, 3.8) is 0 Å². The van der Waals surface area contributed by atoms with Crippen LogP contribution in [0.4, 0.5) is 0 Å². The summed E-state index contributed by atoms with van der Waals surface area (Å²) in [6.45, 7) is 4.80. The number of aliphatic hydroxyl groups excluding tert-OH is 1. The lowest BCUT2D eigenvalue weighted by molar-refractivity contribution is -0.208. The van der Waals surface area contributed by atoms with Gasteiger partial charge in [0.05, 0.1) is 11.7 Å². The van der Waals surface area contributed by atoms with E-state index in [1.807, 2.05) is 0 Å². The first-order chi connectivity index (χ1) is 10.5. The summed E-state index contributed by atoms with van der Waals surface area (Å²) in [5.74, 6) is 1.92. The van der Waals surface area contributed by atoms with E-state index in [1.54, 1.807) is 0 Å². The number of fused-ring (bicyclic) bond motifs is 5. The highest BCUT2D eigenvalue weighted by Gasteiger charge is 2.65. The van der Waals surface area contributed by atoms with Crippen molar-refractivity contribution in [1.82, 2.24) is 0 Å². The highest BCUT2D eigenvalue weighted by Crippen LogP contribution is 2.68. The minimum Gasteiger partial charge on any atom is -0.393 e. The summed E-state index contributed by atoms with van der Waals surface area (Å²) in [4.78, 5) is 0. The Kier molecular flexibility index (Phi) is 4.91. The van der Waals surface area contributed by atoms with E-state index in [0.29, 0.717) is 23.2 Å². The van der Waals surface area contributed by atoms with Gasteiger partial charge in [0.25, 0.3) is 0 Å². The lowest BCUT2D eigenvalue weighted by Gasteiger charge is -2.63. The van der Waals surface area contributed by atoms with Gasteiger partial charge in [-0.25, -0.2) is 0 Å². The maximum absolute atomic E-state index is 11.8. The summed E-state index contributed by atoms with van der Waals surface area (Å²) in [5, 5.41) is 21.9. The van der Waals surface area contributed by atoms with Crippen LogP contribution in [-0.4, -0.2) is 21.9 Å². The van der Waals surface area contributed by atoms with Crippen molar-refractivity contribution in [3.05, 3.63) is 0 Å². The average Bonchev–Trinajstić information content (AvgIpc) is 2.85. The van der Waals surface area contributed by atoms with Crippen LogP contribution in [0.3, 0.4) is 0 Å². The molecule has 4 aliphatic carbocycles. The molecule has 0 aromatic carbocycles. The van der Waals surface area contributed by atoms with Gasteiger partial charge in [0.15, 0.2) is 0 Å². The predicted octanol–water partition coefficient (Wildman–Crippen LogP) is 4.90. The molecule has 0 amide bonds. The van der Waals surface area contributed by atoms with Crippen LogP contribution >= 0.6 is 24.0 Å². The minimum absolute atomic E-state index is 0. The summed E-state index contributed by atoms with van der Waals surface area (Å²) in [5.41, 5.74) is 0.223. The second-order valence-electron chi connectivity index (χ2n) is 9.37. The zero-order valence-electron chi connectivity index (χ0n) is 14.9. The number of halogens is 1. The van der Waals surface area contributed by atoms with E-state index in [0.717, 1.165) is 25.7 Å². The molecule has 2 N–H and O–H groups in total. The summed E-state index contributed by atoms with van der Waals surface area (Å²) >= 11 is 0. The predicted molar refractivity (Wildman–Crippen MR) is 104 cm³/mol. The van der Waals surface area contributed by atoms with Gasteiger partial charge in [0.1, 0.15) is 0 Å². The second kappa shape index (κ2) is 6.12. The molecule has 0 saturated heterocycles. The quantitative estimate of drug-likeness (QED) is 0.577. The number of hydrogen-bond acceptors (Lipinski definition) is 2. The third kappa shape index (κ3) is 2.38. The molecule has 4 aliphatic rings. The van der Waals surface area contributed by atoms with Crippen LogP contribution in [0.5, 0.6) is 0 Å². The Labute approximate surface area is 158 Å². The van der Waals surface area contributed by atoms with Gasteiger partial charge in [-0.3, -0.25) is 0 Å². The van der Waals surface area contributed by atoms with Crippen molar-refractivity contribution in [2.75, 3.05) is 0 Å². The summed E-state index contributed by atoms with van der Waals surface area (Å²) in [6.07, 6.45) is 12.8. The molecule has 0 aromatic rings. The van der Waals surface area contributed by atoms with Crippen LogP contribution in [-0.2, 0) is 0 Å². The summed E-state index contributed by atoms with van der Waals surface area (Å²) in [7, 11) is 0. The van der Waals surface area contributed by atoms with Crippen molar-refractivity contribution in [1.29, 1.82) is 0 Å². The molecule has 4 rings (SSSR count). The highest BCUT2D eigenvalue weighted by atomic mass is 127. The molecule has 0 radical (unpaired) electrons. The van der Waals surface area contributed by atoms with Crippen molar-refractivity contribution in [3.8, 4) is 0 Å². The monoisotopic (exact) mass is 434 g/mol. The molecular weight excluding hydrogens is 399 g/mol. The molecule has 0 aromatic heterocycles. The van der Waals surface area contributed by atoms with Gasteiger partial charge in [-0.05, 0) is 99.2 Å². The van der Waals surface area contributed by atoms with E-state index in [4.69, 9.17) is 0 Å². The molecule has 0 spiro atoms.